The van der Waals surface area contributed by atoms with Crippen LogP contribution >= 0.6 is 15.9 Å². The topological polar surface area (TPSA) is 75.3 Å². The maximum absolute atomic E-state index is 12.1. The van der Waals surface area contributed by atoms with Crippen LogP contribution in [0.1, 0.15) is 30.6 Å². The summed E-state index contributed by atoms with van der Waals surface area (Å²) in [5.74, 6) is -0.167. The van der Waals surface area contributed by atoms with Crippen LogP contribution in [-0.4, -0.2) is 23.2 Å². The first-order valence-electron chi connectivity index (χ1n) is 5.87. The summed E-state index contributed by atoms with van der Waals surface area (Å²) in [5, 5.41) is 12.6. The van der Waals surface area contributed by atoms with Crippen molar-refractivity contribution in [2.45, 2.75) is 32.4 Å². The van der Waals surface area contributed by atoms with Gasteiger partial charge in [0.05, 0.1) is 16.1 Å². The van der Waals surface area contributed by atoms with E-state index >= 15 is 0 Å². The average molecular weight is 313 g/mol. The van der Waals surface area contributed by atoms with Crippen molar-refractivity contribution in [2.24, 2.45) is 5.41 Å². The number of carbonyl (C=O) groups excluding carboxylic acids is 1. The second-order valence-electron chi connectivity index (χ2n) is 5.31. The highest BCUT2D eigenvalue weighted by atomic mass is 79.9. The van der Waals surface area contributed by atoms with Gasteiger partial charge in [0.1, 0.15) is 0 Å². The van der Waals surface area contributed by atoms with Crippen molar-refractivity contribution >= 4 is 27.5 Å². The number of aliphatic hydroxyl groups is 1. The van der Waals surface area contributed by atoms with Crippen molar-refractivity contribution in [1.82, 2.24) is 5.32 Å². The van der Waals surface area contributed by atoms with Gasteiger partial charge in [-0.25, -0.2) is 0 Å². The molecule has 0 saturated heterocycles. The molecule has 1 aliphatic rings. The van der Waals surface area contributed by atoms with Crippen molar-refractivity contribution in [3.8, 4) is 0 Å². The summed E-state index contributed by atoms with van der Waals surface area (Å²) >= 11 is 3.32. The molecule has 1 aromatic rings. The Morgan fingerprint density at radius 3 is 2.78 bits per heavy atom. The van der Waals surface area contributed by atoms with Gasteiger partial charge >= 0.3 is 0 Å². The molecule has 2 atom stereocenters. The van der Waals surface area contributed by atoms with Gasteiger partial charge < -0.3 is 16.2 Å². The van der Waals surface area contributed by atoms with Gasteiger partial charge in [0.15, 0.2) is 0 Å². The fraction of sp³-hybridized carbons (Fsp3) is 0.462. The second-order valence-corrected chi connectivity index (χ2v) is 6.10. The third-order valence-electron chi connectivity index (χ3n) is 3.79. The molecule has 0 heterocycles. The second kappa shape index (κ2) is 4.55. The van der Waals surface area contributed by atoms with Crippen molar-refractivity contribution in [3.05, 3.63) is 28.2 Å². The lowest BCUT2D eigenvalue weighted by Gasteiger charge is -2.49. The van der Waals surface area contributed by atoms with E-state index in [0.717, 1.165) is 0 Å². The van der Waals surface area contributed by atoms with Crippen LogP contribution in [0.15, 0.2) is 22.7 Å². The number of anilines is 1. The lowest BCUT2D eigenvalue weighted by molar-refractivity contribution is -0.0689. The molecule has 1 fully saturated rings. The lowest BCUT2D eigenvalue weighted by Crippen LogP contribution is -2.61. The molecule has 1 amide bonds. The van der Waals surface area contributed by atoms with Gasteiger partial charge in [0.2, 0.25) is 0 Å². The van der Waals surface area contributed by atoms with E-state index in [0.29, 0.717) is 22.1 Å². The molecule has 2 unspecified atom stereocenters. The van der Waals surface area contributed by atoms with Gasteiger partial charge in [0.25, 0.3) is 5.91 Å². The predicted octanol–water partition coefficient (Wildman–Crippen LogP) is 1.92. The van der Waals surface area contributed by atoms with Crippen LogP contribution in [0.5, 0.6) is 0 Å². The molecule has 4 nitrogen and oxygen atoms in total. The minimum absolute atomic E-state index is 0.00618. The molecular formula is C13H17BrN2O2. The first-order chi connectivity index (χ1) is 8.34. The third-order valence-corrected chi connectivity index (χ3v) is 4.68. The Hall–Kier alpha value is -1.07. The summed E-state index contributed by atoms with van der Waals surface area (Å²) in [4.78, 5) is 12.1. The van der Waals surface area contributed by atoms with E-state index in [1.807, 2.05) is 13.8 Å². The van der Waals surface area contributed by atoms with Crippen LogP contribution in [0.4, 0.5) is 5.69 Å². The molecule has 0 aromatic heterocycles. The van der Waals surface area contributed by atoms with Gasteiger partial charge in [-0.1, -0.05) is 19.9 Å². The molecule has 0 spiro atoms. The fourth-order valence-electron chi connectivity index (χ4n) is 2.11. The van der Waals surface area contributed by atoms with E-state index in [-0.39, 0.29) is 23.5 Å². The number of rotatable bonds is 2. The number of hydrogen-bond donors (Lipinski definition) is 3. The Kier molecular flexibility index (Phi) is 3.38. The number of nitrogens with one attached hydrogen (secondary N) is 1. The highest BCUT2D eigenvalue weighted by Gasteiger charge is 2.48. The van der Waals surface area contributed by atoms with Crippen molar-refractivity contribution < 1.29 is 9.90 Å². The molecule has 1 saturated carbocycles. The Labute approximate surface area is 115 Å². The van der Waals surface area contributed by atoms with E-state index in [1.165, 1.54) is 0 Å². The van der Waals surface area contributed by atoms with Gasteiger partial charge in [-0.3, -0.25) is 4.79 Å². The van der Waals surface area contributed by atoms with Gasteiger partial charge in [-0.2, -0.15) is 0 Å². The van der Waals surface area contributed by atoms with E-state index in [2.05, 4.69) is 21.2 Å². The summed E-state index contributed by atoms with van der Waals surface area (Å²) in [6.45, 7) is 3.89. The maximum atomic E-state index is 12.1. The highest BCUT2D eigenvalue weighted by Crippen LogP contribution is 2.40. The number of nitrogens with two attached hydrogens (primary N) is 1. The third kappa shape index (κ3) is 2.12. The lowest BCUT2D eigenvalue weighted by atomic mass is 9.64. The Morgan fingerprint density at radius 2 is 2.22 bits per heavy atom. The van der Waals surface area contributed by atoms with Crippen LogP contribution in [-0.2, 0) is 0 Å². The number of benzene rings is 1. The Balaban J connectivity index is 2.12. The van der Waals surface area contributed by atoms with E-state index in [1.54, 1.807) is 18.2 Å². The zero-order valence-corrected chi connectivity index (χ0v) is 12.0. The average Bonchev–Trinajstić information content (AvgIpc) is 2.32. The Morgan fingerprint density at radius 1 is 1.56 bits per heavy atom. The largest absolute Gasteiger partial charge is 0.398 e. The molecule has 1 aliphatic carbocycles. The summed E-state index contributed by atoms with van der Waals surface area (Å²) in [6.07, 6.45) is 0.241. The number of halogens is 1. The normalized spacial score (nSPS) is 25.3. The van der Waals surface area contributed by atoms with Crippen LogP contribution in [0, 0.1) is 5.41 Å². The van der Waals surface area contributed by atoms with Gasteiger partial charge in [-0.05, 0) is 34.5 Å². The molecule has 0 aliphatic heterocycles. The number of aliphatic hydroxyl groups excluding tert-OH is 1. The molecule has 5 heteroatoms. The molecule has 0 radical (unpaired) electrons. The Bertz CT molecular complexity index is 488. The standard InChI is InChI=1S/C13H17BrN2O2/c1-13(2)9(6-10(13)17)16-12(18)7-4-3-5-8(15)11(7)14/h3-5,9-10,17H,6,15H2,1-2H3,(H,16,18). The maximum Gasteiger partial charge on any atom is 0.252 e. The first-order valence-corrected chi connectivity index (χ1v) is 6.66. The SMILES string of the molecule is CC1(C)C(O)CC1NC(=O)c1cccc(N)c1Br. The summed E-state index contributed by atoms with van der Waals surface area (Å²) in [6, 6.07) is 5.19. The van der Waals surface area contributed by atoms with Crippen molar-refractivity contribution in [3.63, 3.8) is 0 Å². The smallest absolute Gasteiger partial charge is 0.252 e. The van der Waals surface area contributed by atoms with Gasteiger partial charge in [-0.15, -0.1) is 0 Å². The summed E-state index contributed by atoms with van der Waals surface area (Å²) < 4.78 is 0.611. The van der Waals surface area contributed by atoms with Crippen LogP contribution in [0.2, 0.25) is 0 Å². The molecule has 2 rings (SSSR count). The van der Waals surface area contributed by atoms with Gasteiger partial charge in [0, 0.05) is 17.1 Å². The number of hydrogen-bond acceptors (Lipinski definition) is 3. The van der Waals surface area contributed by atoms with Crippen molar-refractivity contribution in [1.29, 1.82) is 0 Å². The highest BCUT2D eigenvalue weighted by molar-refractivity contribution is 9.10. The predicted molar refractivity (Wildman–Crippen MR) is 74.2 cm³/mol. The van der Waals surface area contributed by atoms with E-state index in [4.69, 9.17) is 5.73 Å². The first kappa shape index (κ1) is 13.4. The number of nitrogen functional groups attached to an aromatic ring is 1. The van der Waals surface area contributed by atoms with Crippen molar-refractivity contribution in [2.75, 3.05) is 5.73 Å². The van der Waals surface area contributed by atoms with Crippen LogP contribution < -0.4 is 11.1 Å². The zero-order valence-electron chi connectivity index (χ0n) is 10.4. The zero-order chi connectivity index (χ0) is 13.5. The summed E-state index contributed by atoms with van der Waals surface area (Å²) in [7, 11) is 0. The number of amides is 1. The summed E-state index contributed by atoms with van der Waals surface area (Å²) in [5.41, 5.74) is 6.53. The fourth-order valence-corrected chi connectivity index (χ4v) is 2.55. The molecule has 1 aromatic carbocycles. The van der Waals surface area contributed by atoms with Crippen LogP contribution in [0.3, 0.4) is 0 Å². The molecule has 18 heavy (non-hydrogen) atoms. The minimum atomic E-state index is -0.355. The molecule has 0 bridgehead atoms. The van der Waals surface area contributed by atoms with E-state index in [9.17, 15) is 9.90 Å². The molecule has 98 valence electrons. The monoisotopic (exact) mass is 312 g/mol. The minimum Gasteiger partial charge on any atom is -0.398 e. The molecular weight excluding hydrogens is 296 g/mol. The number of carbonyl (C=O) groups is 1. The quantitative estimate of drug-likeness (QED) is 0.730. The van der Waals surface area contributed by atoms with Crippen LogP contribution in [0.25, 0.3) is 0 Å². The molecule has 4 N–H and O–H groups in total. The van der Waals surface area contributed by atoms with E-state index < -0.39 is 0 Å².